The largest absolute Gasteiger partial charge is 0.384 e. The third-order valence-electron chi connectivity index (χ3n) is 4.40. The minimum atomic E-state index is 0.551. The lowest BCUT2D eigenvalue weighted by atomic mass is 9.88. The molecule has 2 N–H and O–H groups in total. The van der Waals surface area contributed by atoms with Gasteiger partial charge in [0.25, 0.3) is 0 Å². The summed E-state index contributed by atoms with van der Waals surface area (Å²) in [5.41, 5.74) is 5.69. The molecule has 0 radical (unpaired) electrons. The molecule has 2 aliphatic carbocycles. The average Bonchev–Trinajstić information content (AvgIpc) is 2.91. The molecule has 0 amide bonds. The summed E-state index contributed by atoms with van der Waals surface area (Å²) in [6.45, 7) is 1.07. The molecule has 2 aliphatic rings. The number of rotatable bonds is 3. The van der Waals surface area contributed by atoms with Crippen molar-refractivity contribution in [3.8, 4) is 0 Å². The maximum absolute atomic E-state index is 5.69. The summed E-state index contributed by atoms with van der Waals surface area (Å²) in [5.74, 6) is 4.09. The molecule has 2 bridgehead atoms. The predicted molar refractivity (Wildman–Crippen MR) is 68.7 cm³/mol. The van der Waals surface area contributed by atoms with Gasteiger partial charge in [-0.2, -0.15) is 4.98 Å². The van der Waals surface area contributed by atoms with Crippen molar-refractivity contribution in [3.63, 3.8) is 0 Å². The van der Waals surface area contributed by atoms with E-state index in [2.05, 4.69) is 21.9 Å². The summed E-state index contributed by atoms with van der Waals surface area (Å²) in [5, 5.41) is 0. The summed E-state index contributed by atoms with van der Waals surface area (Å²) in [6.07, 6.45) is 7.48. The smallest absolute Gasteiger partial charge is 0.226 e. The van der Waals surface area contributed by atoms with Gasteiger partial charge in [-0.05, 0) is 43.1 Å². The van der Waals surface area contributed by atoms with Crippen LogP contribution in [0.3, 0.4) is 0 Å². The molecule has 0 spiro atoms. The van der Waals surface area contributed by atoms with Crippen LogP contribution in [-0.2, 0) is 0 Å². The van der Waals surface area contributed by atoms with Crippen molar-refractivity contribution in [2.75, 3.05) is 24.2 Å². The second kappa shape index (κ2) is 4.17. The van der Waals surface area contributed by atoms with E-state index in [0.29, 0.717) is 5.82 Å². The van der Waals surface area contributed by atoms with Gasteiger partial charge in [0.2, 0.25) is 5.95 Å². The second-order valence-electron chi connectivity index (χ2n) is 5.60. The first-order valence-corrected chi connectivity index (χ1v) is 6.52. The molecule has 0 aromatic carbocycles. The quantitative estimate of drug-likeness (QED) is 0.865. The second-order valence-corrected chi connectivity index (χ2v) is 5.60. The molecule has 2 saturated carbocycles. The first kappa shape index (κ1) is 10.8. The normalized spacial score (nSPS) is 30.8. The molecule has 1 heterocycles. The summed E-state index contributed by atoms with van der Waals surface area (Å²) < 4.78 is 0. The van der Waals surface area contributed by atoms with Crippen LogP contribution in [-0.4, -0.2) is 23.6 Å². The molecule has 0 aliphatic heterocycles. The highest BCUT2D eigenvalue weighted by Gasteiger charge is 2.39. The van der Waals surface area contributed by atoms with Crippen LogP contribution in [0.15, 0.2) is 12.3 Å². The SMILES string of the molecule is CN(CC1CC2CCC1C2)c1nccc(N)n1. The number of anilines is 2. The van der Waals surface area contributed by atoms with E-state index in [4.69, 9.17) is 5.73 Å². The first-order chi connectivity index (χ1) is 8.22. The molecule has 3 rings (SSSR count). The predicted octanol–water partition coefficient (Wildman–Crippen LogP) is 1.93. The van der Waals surface area contributed by atoms with Crippen LogP contribution in [0.2, 0.25) is 0 Å². The average molecular weight is 232 g/mol. The minimum Gasteiger partial charge on any atom is -0.384 e. The van der Waals surface area contributed by atoms with Gasteiger partial charge in [-0.1, -0.05) is 6.42 Å². The Labute approximate surface area is 102 Å². The van der Waals surface area contributed by atoms with E-state index in [-0.39, 0.29) is 0 Å². The fraction of sp³-hybridized carbons (Fsp3) is 0.692. The van der Waals surface area contributed by atoms with E-state index in [1.807, 2.05) is 0 Å². The van der Waals surface area contributed by atoms with Crippen LogP contribution >= 0.6 is 0 Å². The number of nitrogen functional groups attached to an aromatic ring is 1. The Morgan fingerprint density at radius 2 is 2.29 bits per heavy atom. The summed E-state index contributed by atoms with van der Waals surface area (Å²) in [4.78, 5) is 10.7. The first-order valence-electron chi connectivity index (χ1n) is 6.52. The maximum atomic E-state index is 5.69. The van der Waals surface area contributed by atoms with E-state index in [1.54, 1.807) is 12.3 Å². The zero-order valence-corrected chi connectivity index (χ0v) is 10.3. The zero-order valence-electron chi connectivity index (χ0n) is 10.3. The van der Waals surface area contributed by atoms with Gasteiger partial charge in [0.15, 0.2) is 0 Å². The van der Waals surface area contributed by atoms with Gasteiger partial charge in [-0.3, -0.25) is 0 Å². The summed E-state index contributed by atoms with van der Waals surface area (Å²) >= 11 is 0. The highest BCUT2D eigenvalue weighted by atomic mass is 15.2. The van der Waals surface area contributed by atoms with Gasteiger partial charge in [0.1, 0.15) is 5.82 Å². The Morgan fingerprint density at radius 3 is 2.94 bits per heavy atom. The number of fused-ring (bicyclic) bond motifs is 2. The lowest BCUT2D eigenvalue weighted by molar-refractivity contribution is 0.336. The highest BCUT2D eigenvalue weighted by Crippen LogP contribution is 2.48. The molecule has 1 aromatic heterocycles. The van der Waals surface area contributed by atoms with Crippen molar-refractivity contribution in [2.45, 2.75) is 25.7 Å². The van der Waals surface area contributed by atoms with Crippen LogP contribution < -0.4 is 10.6 Å². The van der Waals surface area contributed by atoms with E-state index in [0.717, 1.165) is 30.2 Å². The van der Waals surface area contributed by atoms with Crippen LogP contribution in [0.4, 0.5) is 11.8 Å². The van der Waals surface area contributed by atoms with Crippen LogP contribution in [0.25, 0.3) is 0 Å². The minimum absolute atomic E-state index is 0.551. The third kappa shape index (κ3) is 2.08. The summed E-state index contributed by atoms with van der Waals surface area (Å²) in [6, 6.07) is 1.73. The van der Waals surface area contributed by atoms with Crippen molar-refractivity contribution >= 4 is 11.8 Å². The maximum Gasteiger partial charge on any atom is 0.226 e. The molecule has 3 unspecified atom stereocenters. The van der Waals surface area contributed by atoms with Crippen LogP contribution in [0, 0.1) is 17.8 Å². The Morgan fingerprint density at radius 1 is 1.41 bits per heavy atom. The molecule has 17 heavy (non-hydrogen) atoms. The Balaban J connectivity index is 1.65. The molecular weight excluding hydrogens is 212 g/mol. The third-order valence-corrected chi connectivity index (χ3v) is 4.40. The van der Waals surface area contributed by atoms with Crippen molar-refractivity contribution in [3.05, 3.63) is 12.3 Å². The van der Waals surface area contributed by atoms with Crippen molar-refractivity contribution in [1.29, 1.82) is 0 Å². The molecule has 0 saturated heterocycles. The van der Waals surface area contributed by atoms with Gasteiger partial charge in [0.05, 0.1) is 0 Å². The fourth-order valence-electron chi connectivity index (χ4n) is 3.58. The molecule has 3 atom stereocenters. The van der Waals surface area contributed by atoms with Crippen molar-refractivity contribution < 1.29 is 0 Å². The van der Waals surface area contributed by atoms with E-state index in [1.165, 1.54) is 25.7 Å². The van der Waals surface area contributed by atoms with Crippen molar-refractivity contribution in [1.82, 2.24) is 9.97 Å². The zero-order chi connectivity index (χ0) is 11.8. The van der Waals surface area contributed by atoms with Gasteiger partial charge in [-0.15, -0.1) is 0 Å². The number of nitrogens with zero attached hydrogens (tertiary/aromatic N) is 3. The number of hydrogen-bond donors (Lipinski definition) is 1. The Kier molecular flexibility index (Phi) is 2.65. The highest BCUT2D eigenvalue weighted by molar-refractivity contribution is 5.36. The fourth-order valence-corrected chi connectivity index (χ4v) is 3.58. The number of nitrogens with two attached hydrogens (primary N) is 1. The van der Waals surface area contributed by atoms with Crippen molar-refractivity contribution in [2.24, 2.45) is 17.8 Å². The number of aromatic nitrogens is 2. The monoisotopic (exact) mass is 232 g/mol. The number of hydrogen-bond acceptors (Lipinski definition) is 4. The van der Waals surface area contributed by atoms with E-state index in [9.17, 15) is 0 Å². The molecular formula is C13H20N4. The van der Waals surface area contributed by atoms with E-state index >= 15 is 0 Å². The standard InChI is InChI=1S/C13H20N4/c1-17(13-15-5-4-12(14)16-13)8-11-7-9-2-3-10(11)6-9/h4-5,9-11H,2-3,6-8H2,1H3,(H2,14,15,16). The Hall–Kier alpha value is -1.32. The topological polar surface area (TPSA) is 55.0 Å². The van der Waals surface area contributed by atoms with Crippen LogP contribution in [0.5, 0.6) is 0 Å². The Bertz CT molecular complexity index is 406. The van der Waals surface area contributed by atoms with Gasteiger partial charge >= 0.3 is 0 Å². The van der Waals surface area contributed by atoms with Crippen LogP contribution in [0.1, 0.15) is 25.7 Å². The summed E-state index contributed by atoms with van der Waals surface area (Å²) in [7, 11) is 2.07. The molecule has 92 valence electrons. The van der Waals surface area contributed by atoms with Gasteiger partial charge in [-0.25, -0.2) is 4.98 Å². The van der Waals surface area contributed by atoms with Gasteiger partial charge in [0, 0.05) is 19.8 Å². The lowest BCUT2D eigenvalue weighted by Gasteiger charge is -2.27. The van der Waals surface area contributed by atoms with E-state index < -0.39 is 0 Å². The molecule has 4 nitrogen and oxygen atoms in total. The molecule has 4 heteroatoms. The molecule has 1 aromatic rings. The molecule has 2 fully saturated rings. The van der Waals surface area contributed by atoms with Gasteiger partial charge < -0.3 is 10.6 Å². The lowest BCUT2D eigenvalue weighted by Crippen LogP contribution is -2.29.